The summed E-state index contributed by atoms with van der Waals surface area (Å²) in [4.78, 5) is 30.6. The Morgan fingerprint density at radius 2 is 1.88 bits per heavy atom. The summed E-state index contributed by atoms with van der Waals surface area (Å²) >= 11 is 0. The maximum atomic E-state index is 13.6. The molecule has 2 N–H and O–H groups in total. The first kappa shape index (κ1) is 29.8. The van der Waals surface area contributed by atoms with Crippen LogP contribution in [0.5, 0.6) is 11.6 Å². The number of aryl methyl sites for hydroxylation is 1. The van der Waals surface area contributed by atoms with Gasteiger partial charge in [0.1, 0.15) is 5.75 Å². The fourth-order valence-electron chi connectivity index (χ4n) is 4.92. The molecule has 2 aromatic heterocycles. The van der Waals surface area contributed by atoms with E-state index >= 15 is 0 Å². The highest BCUT2D eigenvalue weighted by Gasteiger charge is 2.33. The Morgan fingerprint density at radius 3 is 2.60 bits per heavy atom. The summed E-state index contributed by atoms with van der Waals surface area (Å²) < 4.78 is 47.1. The molecule has 0 unspecified atom stereocenters. The number of nitrogens with zero attached hydrogens (tertiary/aromatic N) is 5. The van der Waals surface area contributed by atoms with E-state index in [1.807, 2.05) is 32.0 Å². The molecule has 224 valence electrons. The summed E-state index contributed by atoms with van der Waals surface area (Å²) in [5, 5.41) is 5.63. The van der Waals surface area contributed by atoms with Crippen LogP contribution in [0.25, 0.3) is 11.3 Å². The third kappa shape index (κ3) is 6.69. The fourth-order valence-corrected chi connectivity index (χ4v) is 4.92. The average Bonchev–Trinajstić information content (AvgIpc) is 3.49. The number of likely N-dealkylation sites (N-methyl/N-ethyl adjacent to an activating group) is 1. The summed E-state index contributed by atoms with van der Waals surface area (Å²) in [6.07, 6.45) is -0.496. The monoisotopic (exact) mass is 591 g/mol. The third-order valence-corrected chi connectivity index (χ3v) is 7.39. The molecule has 4 aromatic rings. The fraction of sp³-hybridized carbons (Fsp3) is 0.290. The van der Waals surface area contributed by atoms with Crippen LogP contribution in [0, 0.1) is 6.92 Å². The molecule has 1 aliphatic heterocycles. The molecule has 0 saturated carbocycles. The lowest BCUT2D eigenvalue weighted by molar-refractivity contribution is -0.137. The second kappa shape index (κ2) is 12.3. The molecule has 1 fully saturated rings. The van der Waals surface area contributed by atoms with Crippen LogP contribution >= 0.6 is 0 Å². The molecular weight excluding hydrogens is 559 g/mol. The van der Waals surface area contributed by atoms with E-state index in [-0.39, 0.29) is 23.2 Å². The zero-order valence-corrected chi connectivity index (χ0v) is 24.2. The van der Waals surface area contributed by atoms with Crippen LogP contribution in [-0.4, -0.2) is 66.0 Å². The molecule has 0 radical (unpaired) electrons. The number of rotatable bonds is 8. The Kier molecular flexibility index (Phi) is 8.49. The molecule has 2 aromatic carbocycles. The van der Waals surface area contributed by atoms with Crippen molar-refractivity contribution in [1.29, 1.82) is 0 Å². The molecule has 0 aliphatic carbocycles. The lowest BCUT2D eigenvalue weighted by Gasteiger charge is -2.25. The lowest BCUT2D eigenvalue weighted by atomic mass is 10.1. The van der Waals surface area contributed by atoms with Gasteiger partial charge in [0.15, 0.2) is 0 Å². The average molecular weight is 592 g/mol. The van der Waals surface area contributed by atoms with Gasteiger partial charge in [-0.05, 0) is 81.5 Å². The number of benzene rings is 2. The summed E-state index contributed by atoms with van der Waals surface area (Å²) in [6, 6.07) is 13.9. The van der Waals surface area contributed by atoms with Crippen LogP contribution < -0.4 is 20.3 Å². The Balaban J connectivity index is 1.43. The van der Waals surface area contributed by atoms with E-state index in [1.165, 1.54) is 6.07 Å². The first-order valence-electron chi connectivity index (χ1n) is 13.7. The number of carbonyl (C=O) groups is 1. The van der Waals surface area contributed by atoms with Gasteiger partial charge < -0.3 is 25.2 Å². The minimum absolute atomic E-state index is 0.0957. The Bertz CT molecular complexity index is 1630. The van der Waals surface area contributed by atoms with Crippen molar-refractivity contribution < 1.29 is 22.7 Å². The van der Waals surface area contributed by atoms with Crippen LogP contribution in [0.15, 0.2) is 67.0 Å². The molecular formula is C31H32F3N7O2. The van der Waals surface area contributed by atoms with Crippen molar-refractivity contribution in [2.75, 3.05) is 49.8 Å². The third-order valence-electron chi connectivity index (χ3n) is 7.39. The van der Waals surface area contributed by atoms with Gasteiger partial charge in [-0.25, -0.2) is 15.0 Å². The van der Waals surface area contributed by atoms with E-state index in [2.05, 4.69) is 30.5 Å². The van der Waals surface area contributed by atoms with Crippen LogP contribution in [0.4, 0.5) is 30.5 Å². The van der Waals surface area contributed by atoms with Gasteiger partial charge >= 0.3 is 6.18 Å². The standard InChI is InChI=1S/C31H32F3N7O2/c1-19-7-8-20(16-27(19)43-29-23(6-5-13-36-29)24-11-14-37-30(35-2)39-24)28(42)38-25-17-21(31(32,33)34)9-10-26(25)41-15-12-22(18-41)40(3)4/h5-11,13-14,16-17,22H,12,15,18H2,1-4H3,(H,38,42)(H,35,37,39)/t22-/m0/s1. The number of aromatic nitrogens is 3. The van der Waals surface area contributed by atoms with Crippen molar-refractivity contribution >= 4 is 23.2 Å². The predicted molar refractivity (Wildman–Crippen MR) is 160 cm³/mol. The summed E-state index contributed by atoms with van der Waals surface area (Å²) in [5.74, 6) is 0.508. The van der Waals surface area contributed by atoms with Crippen LogP contribution in [0.3, 0.4) is 0 Å². The number of carbonyl (C=O) groups excluding carboxylic acids is 1. The van der Waals surface area contributed by atoms with E-state index in [0.29, 0.717) is 41.7 Å². The number of hydrogen-bond acceptors (Lipinski definition) is 8. The maximum Gasteiger partial charge on any atom is 0.416 e. The molecule has 9 nitrogen and oxygen atoms in total. The molecule has 43 heavy (non-hydrogen) atoms. The molecule has 5 rings (SSSR count). The Hall–Kier alpha value is -4.71. The van der Waals surface area contributed by atoms with E-state index in [1.54, 1.807) is 49.8 Å². The van der Waals surface area contributed by atoms with E-state index < -0.39 is 17.6 Å². The van der Waals surface area contributed by atoms with Gasteiger partial charge in [0.2, 0.25) is 11.8 Å². The first-order valence-corrected chi connectivity index (χ1v) is 13.7. The number of hydrogen-bond donors (Lipinski definition) is 2. The van der Waals surface area contributed by atoms with Gasteiger partial charge in [-0.2, -0.15) is 13.2 Å². The number of anilines is 3. The highest BCUT2D eigenvalue weighted by molar-refractivity contribution is 6.06. The highest BCUT2D eigenvalue weighted by atomic mass is 19.4. The topological polar surface area (TPSA) is 95.5 Å². The summed E-state index contributed by atoms with van der Waals surface area (Å²) in [7, 11) is 5.66. The predicted octanol–water partition coefficient (Wildman–Crippen LogP) is 6.09. The van der Waals surface area contributed by atoms with Crippen molar-refractivity contribution in [3.63, 3.8) is 0 Å². The highest BCUT2D eigenvalue weighted by Crippen LogP contribution is 2.38. The summed E-state index contributed by atoms with van der Waals surface area (Å²) in [6.45, 7) is 3.12. The minimum atomic E-state index is -4.56. The van der Waals surface area contributed by atoms with Crippen molar-refractivity contribution in [2.45, 2.75) is 25.6 Å². The largest absolute Gasteiger partial charge is 0.438 e. The number of ether oxygens (including phenoxy) is 1. The zero-order valence-electron chi connectivity index (χ0n) is 24.2. The van der Waals surface area contributed by atoms with Crippen LogP contribution in [0.1, 0.15) is 27.9 Å². The van der Waals surface area contributed by atoms with Crippen molar-refractivity contribution in [3.8, 4) is 22.9 Å². The lowest BCUT2D eigenvalue weighted by Crippen LogP contribution is -2.31. The number of amides is 1. The Morgan fingerprint density at radius 1 is 1.07 bits per heavy atom. The molecule has 1 atom stereocenters. The second-order valence-corrected chi connectivity index (χ2v) is 10.5. The van der Waals surface area contributed by atoms with Crippen molar-refractivity contribution in [3.05, 3.63) is 83.7 Å². The summed E-state index contributed by atoms with van der Waals surface area (Å²) in [5.41, 5.74) is 1.95. The van der Waals surface area contributed by atoms with Gasteiger partial charge in [0.05, 0.1) is 28.2 Å². The smallest absolute Gasteiger partial charge is 0.416 e. The Labute approximate surface area is 247 Å². The molecule has 1 saturated heterocycles. The second-order valence-electron chi connectivity index (χ2n) is 10.5. The van der Waals surface area contributed by atoms with Crippen molar-refractivity contribution in [2.24, 2.45) is 0 Å². The quantitative estimate of drug-likeness (QED) is 0.254. The van der Waals surface area contributed by atoms with Gasteiger partial charge in [-0.15, -0.1) is 0 Å². The number of pyridine rings is 1. The van der Waals surface area contributed by atoms with Gasteiger partial charge in [0, 0.05) is 44.1 Å². The molecule has 1 amide bonds. The molecule has 0 spiro atoms. The van der Waals surface area contributed by atoms with E-state index in [0.717, 1.165) is 24.1 Å². The number of halogens is 3. The molecule has 12 heteroatoms. The number of nitrogens with one attached hydrogen (secondary N) is 2. The number of alkyl halides is 3. The SMILES string of the molecule is CNc1nccc(-c2cccnc2Oc2cc(C(=O)Nc3cc(C(F)(F)F)ccc3N3CC[C@H](N(C)C)C3)ccc2C)n1. The maximum absolute atomic E-state index is 13.6. The van der Waals surface area contributed by atoms with Crippen molar-refractivity contribution in [1.82, 2.24) is 19.9 Å². The molecule has 3 heterocycles. The first-order chi connectivity index (χ1) is 20.5. The zero-order chi connectivity index (χ0) is 30.7. The van der Waals surface area contributed by atoms with E-state index in [4.69, 9.17) is 4.74 Å². The van der Waals surface area contributed by atoms with Gasteiger partial charge in [-0.1, -0.05) is 6.07 Å². The van der Waals surface area contributed by atoms with Crippen LogP contribution in [-0.2, 0) is 6.18 Å². The minimum Gasteiger partial charge on any atom is -0.438 e. The molecule has 0 bridgehead atoms. The molecule has 1 aliphatic rings. The van der Waals surface area contributed by atoms with Gasteiger partial charge in [-0.3, -0.25) is 4.79 Å². The normalized spacial score (nSPS) is 15.1. The van der Waals surface area contributed by atoms with Gasteiger partial charge in [0.25, 0.3) is 5.91 Å². The van der Waals surface area contributed by atoms with Crippen LogP contribution in [0.2, 0.25) is 0 Å². The van der Waals surface area contributed by atoms with E-state index in [9.17, 15) is 18.0 Å².